The molecule has 3 heteroatoms. The number of aromatic amines is 1. The van der Waals surface area contributed by atoms with Gasteiger partial charge in [0.15, 0.2) is 5.65 Å². The first-order valence-electron chi connectivity index (χ1n) is 5.63. The molecule has 0 saturated carbocycles. The fourth-order valence-electron chi connectivity index (χ4n) is 2.04. The van der Waals surface area contributed by atoms with Crippen molar-refractivity contribution in [2.24, 2.45) is 0 Å². The van der Waals surface area contributed by atoms with Crippen molar-refractivity contribution in [1.29, 1.82) is 0 Å². The molecule has 0 amide bonds. The molecule has 0 unspecified atom stereocenters. The molecule has 0 aliphatic carbocycles. The van der Waals surface area contributed by atoms with E-state index in [2.05, 4.69) is 27.9 Å². The van der Waals surface area contributed by atoms with Gasteiger partial charge in [-0.3, -0.25) is 0 Å². The molecule has 0 saturated heterocycles. The van der Waals surface area contributed by atoms with E-state index < -0.39 is 0 Å². The number of fused-ring (bicyclic) bond motifs is 1. The Kier molecular flexibility index (Phi) is 2.18. The molecule has 0 aliphatic heterocycles. The van der Waals surface area contributed by atoms with Crippen molar-refractivity contribution in [3.63, 3.8) is 0 Å². The predicted octanol–water partition coefficient (Wildman–Crippen LogP) is 3.24. The Morgan fingerprint density at radius 1 is 1.00 bits per heavy atom. The number of aryl methyl sites for hydroxylation is 2. The van der Waals surface area contributed by atoms with Crippen molar-refractivity contribution >= 4 is 11.2 Å². The number of nitrogens with one attached hydrogen (secondary N) is 1. The predicted molar refractivity (Wildman–Crippen MR) is 68.8 cm³/mol. The number of pyridine rings is 1. The number of rotatable bonds is 1. The van der Waals surface area contributed by atoms with Gasteiger partial charge < -0.3 is 4.98 Å². The summed E-state index contributed by atoms with van der Waals surface area (Å²) in [6, 6.07) is 12.2. The minimum atomic E-state index is 0.793. The maximum atomic E-state index is 4.54. The highest BCUT2D eigenvalue weighted by molar-refractivity contribution is 5.79. The number of imidazole rings is 1. The third-order valence-electron chi connectivity index (χ3n) is 2.83. The zero-order valence-corrected chi connectivity index (χ0v) is 9.86. The van der Waals surface area contributed by atoms with Crippen LogP contribution in [0, 0.1) is 13.8 Å². The topological polar surface area (TPSA) is 41.6 Å². The van der Waals surface area contributed by atoms with E-state index in [9.17, 15) is 0 Å². The van der Waals surface area contributed by atoms with Gasteiger partial charge in [0.2, 0.25) is 0 Å². The number of H-pyrrole nitrogens is 1. The first-order chi connectivity index (χ1) is 8.24. The lowest BCUT2D eigenvalue weighted by Crippen LogP contribution is -1.85. The molecular formula is C14H13N3. The number of hydrogen-bond acceptors (Lipinski definition) is 2. The van der Waals surface area contributed by atoms with E-state index in [-0.39, 0.29) is 0 Å². The van der Waals surface area contributed by atoms with Crippen molar-refractivity contribution in [3.8, 4) is 11.4 Å². The van der Waals surface area contributed by atoms with Crippen LogP contribution >= 0.6 is 0 Å². The van der Waals surface area contributed by atoms with Crippen molar-refractivity contribution in [2.75, 3.05) is 0 Å². The summed E-state index contributed by atoms with van der Waals surface area (Å²) < 4.78 is 0. The Morgan fingerprint density at radius 3 is 2.53 bits per heavy atom. The molecule has 3 rings (SSSR count). The van der Waals surface area contributed by atoms with Crippen molar-refractivity contribution < 1.29 is 0 Å². The van der Waals surface area contributed by atoms with Crippen molar-refractivity contribution in [1.82, 2.24) is 15.0 Å². The SMILES string of the molecule is Cc1cc(C)c2[nH]c(-c3ccccc3)nc2n1. The fraction of sp³-hybridized carbons (Fsp3) is 0.143. The van der Waals surface area contributed by atoms with Crippen LogP contribution in [0.5, 0.6) is 0 Å². The van der Waals surface area contributed by atoms with Gasteiger partial charge in [-0.1, -0.05) is 30.3 Å². The van der Waals surface area contributed by atoms with Crippen LogP contribution in [0.2, 0.25) is 0 Å². The van der Waals surface area contributed by atoms with Crippen LogP contribution in [0.15, 0.2) is 36.4 Å². The maximum absolute atomic E-state index is 4.54. The zero-order valence-electron chi connectivity index (χ0n) is 9.86. The summed E-state index contributed by atoms with van der Waals surface area (Å²) in [5.74, 6) is 0.877. The number of hydrogen-bond donors (Lipinski definition) is 1. The minimum Gasteiger partial charge on any atom is -0.336 e. The summed E-state index contributed by atoms with van der Waals surface area (Å²) in [5.41, 5.74) is 5.08. The van der Waals surface area contributed by atoms with Crippen LogP contribution < -0.4 is 0 Å². The molecule has 0 bridgehead atoms. The quantitative estimate of drug-likeness (QED) is 0.688. The van der Waals surface area contributed by atoms with Gasteiger partial charge in [-0.05, 0) is 25.5 Å². The molecule has 0 radical (unpaired) electrons. The Labute approximate surface area is 99.5 Å². The average molecular weight is 223 g/mol. The molecule has 1 aromatic carbocycles. The summed E-state index contributed by atoms with van der Waals surface area (Å²) >= 11 is 0. The van der Waals surface area contributed by atoms with E-state index >= 15 is 0 Å². The van der Waals surface area contributed by atoms with E-state index in [1.165, 1.54) is 5.56 Å². The van der Waals surface area contributed by atoms with Crippen LogP contribution in [-0.2, 0) is 0 Å². The maximum Gasteiger partial charge on any atom is 0.178 e. The summed E-state index contributed by atoms with van der Waals surface area (Å²) in [5, 5.41) is 0. The highest BCUT2D eigenvalue weighted by Gasteiger charge is 2.08. The Morgan fingerprint density at radius 2 is 1.76 bits per heavy atom. The van der Waals surface area contributed by atoms with Gasteiger partial charge in [-0.2, -0.15) is 0 Å². The molecule has 1 N–H and O–H groups in total. The van der Waals surface area contributed by atoms with Gasteiger partial charge >= 0.3 is 0 Å². The molecule has 84 valence electrons. The monoisotopic (exact) mass is 223 g/mol. The van der Waals surface area contributed by atoms with Gasteiger partial charge in [0.1, 0.15) is 5.82 Å². The third-order valence-corrected chi connectivity index (χ3v) is 2.83. The lowest BCUT2D eigenvalue weighted by Gasteiger charge is -1.95. The summed E-state index contributed by atoms with van der Waals surface area (Å²) in [4.78, 5) is 12.3. The standard InChI is InChI=1S/C14H13N3/c1-9-8-10(2)15-14-12(9)16-13(17-14)11-6-4-3-5-7-11/h3-8H,1-2H3,(H,15,16,17). The van der Waals surface area contributed by atoms with Crippen LogP contribution in [0.1, 0.15) is 11.3 Å². The van der Waals surface area contributed by atoms with Gasteiger partial charge in [0.05, 0.1) is 5.52 Å². The Balaban J connectivity index is 2.24. The molecule has 0 atom stereocenters. The average Bonchev–Trinajstić information content (AvgIpc) is 2.74. The Bertz CT molecular complexity index is 669. The normalized spacial score (nSPS) is 10.9. The smallest absolute Gasteiger partial charge is 0.178 e. The largest absolute Gasteiger partial charge is 0.336 e. The molecule has 0 fully saturated rings. The third kappa shape index (κ3) is 1.69. The van der Waals surface area contributed by atoms with Crippen molar-refractivity contribution in [3.05, 3.63) is 47.7 Å². The highest BCUT2D eigenvalue weighted by Crippen LogP contribution is 2.21. The Hall–Kier alpha value is -2.16. The van der Waals surface area contributed by atoms with Crippen LogP contribution in [-0.4, -0.2) is 15.0 Å². The van der Waals surface area contributed by atoms with E-state index in [4.69, 9.17) is 0 Å². The number of aromatic nitrogens is 3. The van der Waals surface area contributed by atoms with E-state index in [0.717, 1.165) is 28.2 Å². The zero-order chi connectivity index (χ0) is 11.8. The van der Waals surface area contributed by atoms with Gasteiger partial charge in [0, 0.05) is 11.3 Å². The molecule has 2 heterocycles. The number of benzene rings is 1. The second kappa shape index (κ2) is 3.70. The first kappa shape index (κ1) is 10.0. The fourth-order valence-corrected chi connectivity index (χ4v) is 2.04. The molecule has 0 spiro atoms. The summed E-state index contributed by atoms with van der Waals surface area (Å²) in [6.07, 6.45) is 0. The molecule has 3 aromatic rings. The van der Waals surface area contributed by atoms with Gasteiger partial charge in [-0.25, -0.2) is 9.97 Å². The van der Waals surface area contributed by atoms with E-state index in [1.807, 2.05) is 37.3 Å². The number of nitrogens with zero attached hydrogens (tertiary/aromatic N) is 2. The van der Waals surface area contributed by atoms with Gasteiger partial charge in [0.25, 0.3) is 0 Å². The van der Waals surface area contributed by atoms with Crippen LogP contribution in [0.25, 0.3) is 22.6 Å². The van der Waals surface area contributed by atoms with Crippen LogP contribution in [0.4, 0.5) is 0 Å². The molecule has 17 heavy (non-hydrogen) atoms. The second-order valence-corrected chi connectivity index (χ2v) is 4.23. The molecule has 2 aromatic heterocycles. The summed E-state index contributed by atoms with van der Waals surface area (Å²) in [6.45, 7) is 4.06. The lowest BCUT2D eigenvalue weighted by molar-refractivity contribution is 1.21. The minimum absolute atomic E-state index is 0.793. The van der Waals surface area contributed by atoms with Crippen molar-refractivity contribution in [2.45, 2.75) is 13.8 Å². The van der Waals surface area contributed by atoms with E-state index in [0.29, 0.717) is 0 Å². The lowest BCUT2D eigenvalue weighted by atomic mass is 10.2. The molecular weight excluding hydrogens is 210 g/mol. The molecule has 0 aliphatic rings. The summed E-state index contributed by atoms with van der Waals surface area (Å²) in [7, 11) is 0. The first-order valence-corrected chi connectivity index (χ1v) is 5.63. The second-order valence-electron chi connectivity index (χ2n) is 4.23. The highest BCUT2D eigenvalue weighted by atomic mass is 15.0. The van der Waals surface area contributed by atoms with E-state index in [1.54, 1.807) is 0 Å². The molecule has 3 nitrogen and oxygen atoms in total. The van der Waals surface area contributed by atoms with Gasteiger partial charge in [-0.15, -0.1) is 0 Å². The van der Waals surface area contributed by atoms with Crippen LogP contribution in [0.3, 0.4) is 0 Å².